The number of hydrogen-bond donors (Lipinski definition) is 1. The molecule has 0 fully saturated rings. The first-order chi connectivity index (χ1) is 14.0. The minimum atomic E-state index is -1.07. The van der Waals surface area contributed by atoms with Crippen molar-refractivity contribution in [2.24, 2.45) is 5.16 Å². The van der Waals surface area contributed by atoms with Gasteiger partial charge < -0.3 is 14.7 Å². The summed E-state index contributed by atoms with van der Waals surface area (Å²) in [5.41, 5.74) is 3.52. The molecule has 0 atom stereocenters. The number of ether oxygens (including phenoxy) is 1. The van der Waals surface area contributed by atoms with Gasteiger partial charge in [-0.25, -0.2) is 4.79 Å². The Morgan fingerprint density at radius 1 is 0.966 bits per heavy atom. The fourth-order valence-electron chi connectivity index (χ4n) is 2.56. The molecule has 0 radical (unpaired) electrons. The number of hydrogen-bond acceptors (Lipinski definition) is 4. The SMILES string of the molecule is O=C(O)CO/N=C/c1cccc(-c2ccc(OCc3c(Cl)cccc3Cl)cc2)c1. The van der Waals surface area contributed by atoms with Gasteiger partial charge in [0, 0.05) is 15.6 Å². The van der Waals surface area contributed by atoms with E-state index in [0.29, 0.717) is 15.8 Å². The molecule has 0 unspecified atom stereocenters. The normalized spacial score (nSPS) is 10.8. The van der Waals surface area contributed by atoms with Gasteiger partial charge in [-0.05, 0) is 47.0 Å². The number of nitrogens with zero attached hydrogens (tertiary/aromatic N) is 1. The third-order valence-electron chi connectivity index (χ3n) is 3.98. The summed E-state index contributed by atoms with van der Waals surface area (Å²) in [5.74, 6) is -0.375. The Labute approximate surface area is 178 Å². The van der Waals surface area contributed by atoms with Crippen molar-refractivity contribution in [1.29, 1.82) is 0 Å². The second-order valence-corrected chi connectivity index (χ2v) is 6.85. The van der Waals surface area contributed by atoms with Crippen LogP contribution in [0.1, 0.15) is 11.1 Å². The molecule has 0 amide bonds. The van der Waals surface area contributed by atoms with Crippen LogP contribution in [0.3, 0.4) is 0 Å². The van der Waals surface area contributed by atoms with Gasteiger partial charge in [-0.15, -0.1) is 0 Å². The van der Waals surface area contributed by atoms with E-state index in [-0.39, 0.29) is 6.61 Å². The number of rotatable bonds is 8. The van der Waals surface area contributed by atoms with E-state index in [1.54, 1.807) is 18.2 Å². The van der Waals surface area contributed by atoms with Gasteiger partial charge in [0.05, 0.1) is 6.21 Å². The second kappa shape index (κ2) is 9.96. The topological polar surface area (TPSA) is 68.1 Å². The van der Waals surface area contributed by atoms with Crippen LogP contribution in [0.2, 0.25) is 10.0 Å². The van der Waals surface area contributed by atoms with E-state index in [1.165, 1.54) is 6.21 Å². The standard InChI is InChI=1S/C22H17Cl2NO4/c23-20-5-2-6-21(24)19(20)13-28-18-9-7-16(8-10-18)17-4-1-3-15(11-17)12-25-29-14-22(26)27/h1-12H,13-14H2,(H,26,27)/b25-12+. The predicted octanol–water partition coefficient (Wildman–Crippen LogP) is 5.67. The number of halogens is 2. The molecule has 29 heavy (non-hydrogen) atoms. The van der Waals surface area contributed by atoms with Gasteiger partial charge in [0.1, 0.15) is 12.4 Å². The van der Waals surface area contributed by atoms with Crippen molar-refractivity contribution < 1.29 is 19.5 Å². The molecule has 0 saturated carbocycles. The molecule has 0 aliphatic heterocycles. The van der Waals surface area contributed by atoms with Gasteiger partial charge in [0.2, 0.25) is 6.61 Å². The molecule has 3 aromatic carbocycles. The van der Waals surface area contributed by atoms with Crippen LogP contribution in [0.5, 0.6) is 5.75 Å². The molecule has 0 aromatic heterocycles. The summed E-state index contributed by atoms with van der Waals surface area (Å²) in [6.07, 6.45) is 1.47. The van der Waals surface area contributed by atoms with Crippen molar-refractivity contribution in [3.05, 3.63) is 87.9 Å². The molecule has 5 nitrogen and oxygen atoms in total. The molecule has 0 saturated heterocycles. The molecule has 7 heteroatoms. The first-order valence-electron chi connectivity index (χ1n) is 8.66. The highest BCUT2D eigenvalue weighted by atomic mass is 35.5. The van der Waals surface area contributed by atoms with E-state index >= 15 is 0 Å². The van der Waals surface area contributed by atoms with E-state index in [4.69, 9.17) is 33.0 Å². The van der Waals surface area contributed by atoms with E-state index in [1.807, 2.05) is 48.5 Å². The van der Waals surface area contributed by atoms with Crippen LogP contribution in [0.15, 0.2) is 71.9 Å². The second-order valence-electron chi connectivity index (χ2n) is 6.04. The molecule has 0 heterocycles. The smallest absolute Gasteiger partial charge is 0.344 e. The molecule has 0 aliphatic carbocycles. The lowest BCUT2D eigenvalue weighted by Gasteiger charge is -2.10. The van der Waals surface area contributed by atoms with E-state index in [2.05, 4.69) is 9.99 Å². The van der Waals surface area contributed by atoms with Crippen molar-refractivity contribution in [2.75, 3.05) is 6.61 Å². The fourth-order valence-corrected chi connectivity index (χ4v) is 3.07. The Bertz CT molecular complexity index is 999. The average molecular weight is 430 g/mol. The minimum Gasteiger partial charge on any atom is -0.489 e. The minimum absolute atomic E-state index is 0.278. The number of aliphatic carboxylic acids is 1. The molecule has 3 rings (SSSR count). The summed E-state index contributed by atoms with van der Waals surface area (Å²) >= 11 is 12.3. The Hall–Kier alpha value is -3.02. The van der Waals surface area contributed by atoms with Crippen LogP contribution >= 0.6 is 23.2 Å². The summed E-state index contributed by atoms with van der Waals surface area (Å²) in [4.78, 5) is 15.1. The number of benzene rings is 3. The van der Waals surface area contributed by atoms with Gasteiger partial charge >= 0.3 is 5.97 Å². The van der Waals surface area contributed by atoms with Crippen molar-refractivity contribution in [3.8, 4) is 16.9 Å². The Morgan fingerprint density at radius 2 is 1.66 bits per heavy atom. The van der Waals surface area contributed by atoms with Crippen LogP contribution in [0.4, 0.5) is 0 Å². The molecule has 1 N–H and O–H groups in total. The molecule has 148 valence electrons. The number of oxime groups is 1. The highest BCUT2D eigenvalue weighted by molar-refractivity contribution is 6.35. The van der Waals surface area contributed by atoms with Crippen LogP contribution in [0, 0.1) is 0 Å². The lowest BCUT2D eigenvalue weighted by molar-refractivity contribution is -0.142. The molecule has 0 aliphatic rings. The van der Waals surface area contributed by atoms with Gasteiger partial charge in [-0.3, -0.25) is 0 Å². The largest absolute Gasteiger partial charge is 0.489 e. The maximum atomic E-state index is 10.4. The summed E-state index contributed by atoms with van der Waals surface area (Å²) in [7, 11) is 0. The molecular weight excluding hydrogens is 413 g/mol. The molecular formula is C22H17Cl2NO4. The van der Waals surface area contributed by atoms with Gasteiger partial charge in [0.25, 0.3) is 0 Å². The zero-order chi connectivity index (χ0) is 20.6. The highest BCUT2D eigenvalue weighted by Gasteiger charge is 2.07. The van der Waals surface area contributed by atoms with E-state index in [9.17, 15) is 4.79 Å². The molecule has 0 bridgehead atoms. The highest BCUT2D eigenvalue weighted by Crippen LogP contribution is 2.27. The first kappa shape index (κ1) is 20.7. The van der Waals surface area contributed by atoms with Crippen LogP contribution in [-0.2, 0) is 16.2 Å². The Balaban J connectivity index is 1.65. The lowest BCUT2D eigenvalue weighted by atomic mass is 10.0. The van der Waals surface area contributed by atoms with E-state index in [0.717, 1.165) is 22.3 Å². The van der Waals surface area contributed by atoms with Crippen molar-refractivity contribution >= 4 is 35.4 Å². The maximum absolute atomic E-state index is 10.4. The van der Waals surface area contributed by atoms with Gasteiger partial charge in [-0.2, -0.15) is 0 Å². The number of carboxylic acid groups (broad SMARTS) is 1. The predicted molar refractivity (Wildman–Crippen MR) is 114 cm³/mol. The quantitative estimate of drug-likeness (QED) is 0.369. The monoisotopic (exact) mass is 429 g/mol. The Morgan fingerprint density at radius 3 is 2.34 bits per heavy atom. The summed E-state index contributed by atoms with van der Waals surface area (Å²) in [5, 5.41) is 13.3. The Kier molecular flexibility index (Phi) is 7.11. The zero-order valence-corrected chi connectivity index (χ0v) is 16.7. The summed E-state index contributed by atoms with van der Waals surface area (Å²) in [6.45, 7) is -0.197. The fraction of sp³-hybridized carbons (Fsp3) is 0.0909. The van der Waals surface area contributed by atoms with Crippen molar-refractivity contribution in [2.45, 2.75) is 6.61 Å². The molecule has 3 aromatic rings. The lowest BCUT2D eigenvalue weighted by Crippen LogP contribution is -2.03. The number of carboxylic acids is 1. The van der Waals surface area contributed by atoms with Crippen molar-refractivity contribution in [3.63, 3.8) is 0 Å². The van der Waals surface area contributed by atoms with E-state index < -0.39 is 12.6 Å². The van der Waals surface area contributed by atoms with Gasteiger partial charge in [0.15, 0.2) is 0 Å². The third kappa shape index (κ3) is 5.98. The maximum Gasteiger partial charge on any atom is 0.344 e. The number of carbonyl (C=O) groups is 1. The van der Waals surface area contributed by atoms with Crippen LogP contribution < -0.4 is 4.74 Å². The zero-order valence-electron chi connectivity index (χ0n) is 15.2. The average Bonchev–Trinajstić information content (AvgIpc) is 2.71. The third-order valence-corrected chi connectivity index (χ3v) is 4.69. The summed E-state index contributed by atoms with van der Waals surface area (Å²) < 4.78 is 5.80. The first-order valence-corrected chi connectivity index (χ1v) is 9.42. The van der Waals surface area contributed by atoms with Gasteiger partial charge in [-0.1, -0.05) is 64.8 Å². The molecule has 0 spiro atoms. The van der Waals surface area contributed by atoms with Crippen LogP contribution in [0.25, 0.3) is 11.1 Å². The van der Waals surface area contributed by atoms with Crippen LogP contribution in [-0.4, -0.2) is 23.9 Å². The van der Waals surface area contributed by atoms with Crippen molar-refractivity contribution in [1.82, 2.24) is 0 Å². The summed E-state index contributed by atoms with van der Waals surface area (Å²) in [6, 6.07) is 20.6.